The Morgan fingerprint density at radius 1 is 1.70 bits per heavy atom. The molecule has 0 aromatic heterocycles. The number of nitrogens with zero attached hydrogens (tertiary/aromatic N) is 2. The Morgan fingerprint density at radius 2 is 2.40 bits per heavy atom. The molecule has 1 N–H and O–H groups in total. The Hall–Kier alpha value is -0.570. The zero-order chi connectivity index (χ0) is 7.35. The molecule has 0 saturated carbocycles. The van der Waals surface area contributed by atoms with Gasteiger partial charge in [-0.2, -0.15) is 0 Å². The summed E-state index contributed by atoms with van der Waals surface area (Å²) in [6, 6.07) is 0. The number of rotatable bonds is 0. The van der Waals surface area contributed by atoms with Crippen molar-refractivity contribution < 1.29 is 5.11 Å². The molecule has 56 valence electrons. The Balaban J connectivity index is 2.19. The van der Waals surface area contributed by atoms with E-state index in [4.69, 9.17) is 0 Å². The van der Waals surface area contributed by atoms with Gasteiger partial charge in [0.2, 0.25) is 0 Å². The van der Waals surface area contributed by atoms with Crippen LogP contribution in [-0.4, -0.2) is 40.6 Å². The molecule has 10 heavy (non-hydrogen) atoms. The lowest BCUT2D eigenvalue weighted by Gasteiger charge is -2.12. The Labute approximate surface area is 60.4 Å². The second kappa shape index (κ2) is 1.53. The highest BCUT2D eigenvalue weighted by atomic mass is 16.3. The molecule has 0 bridgehead atoms. The number of β-amino-alcohol motifs (C(OH)–C–C–N with tert-alkyl or cyclic N) is 1. The Bertz CT molecular complexity index is 198. The minimum absolute atomic E-state index is 0.150. The van der Waals surface area contributed by atoms with Gasteiger partial charge in [0.15, 0.2) is 0 Å². The third kappa shape index (κ3) is 0.611. The molecule has 2 heterocycles. The van der Waals surface area contributed by atoms with Crippen molar-refractivity contribution in [1.29, 1.82) is 0 Å². The number of aliphatic hydroxyl groups excluding tert-OH is 1. The maximum Gasteiger partial charge on any atom is 0.126 e. The van der Waals surface area contributed by atoms with E-state index in [0.717, 1.165) is 12.4 Å². The summed E-state index contributed by atoms with van der Waals surface area (Å²) in [6.45, 7) is 5.62. The topological polar surface area (TPSA) is 35.6 Å². The van der Waals surface area contributed by atoms with E-state index in [-0.39, 0.29) is 11.6 Å². The van der Waals surface area contributed by atoms with Crippen molar-refractivity contribution >= 4 is 5.84 Å². The summed E-state index contributed by atoms with van der Waals surface area (Å²) < 4.78 is 0. The first-order valence-electron chi connectivity index (χ1n) is 3.63. The minimum Gasteiger partial charge on any atom is -0.389 e. The molecule has 0 aromatic carbocycles. The number of aliphatic imine (C=N–C) groups is 1. The van der Waals surface area contributed by atoms with Gasteiger partial charge in [-0.1, -0.05) is 0 Å². The smallest absolute Gasteiger partial charge is 0.126 e. The third-order valence-electron chi connectivity index (χ3n) is 2.27. The van der Waals surface area contributed by atoms with Crippen LogP contribution in [0.4, 0.5) is 0 Å². The molecule has 2 aliphatic rings. The van der Waals surface area contributed by atoms with Gasteiger partial charge in [-0.3, -0.25) is 4.99 Å². The zero-order valence-corrected chi connectivity index (χ0v) is 6.33. The summed E-state index contributed by atoms with van der Waals surface area (Å²) >= 11 is 0. The first-order chi connectivity index (χ1) is 4.62. The molecule has 2 aliphatic heterocycles. The largest absolute Gasteiger partial charge is 0.389 e. The number of amidine groups is 1. The van der Waals surface area contributed by atoms with Crippen LogP contribution in [0, 0.1) is 0 Å². The van der Waals surface area contributed by atoms with Gasteiger partial charge >= 0.3 is 0 Å². The van der Waals surface area contributed by atoms with Crippen molar-refractivity contribution in [2.24, 2.45) is 4.99 Å². The average molecular weight is 140 g/mol. The van der Waals surface area contributed by atoms with Gasteiger partial charge < -0.3 is 10.0 Å². The highest BCUT2D eigenvalue weighted by Gasteiger charge is 2.53. The molecule has 0 aliphatic carbocycles. The van der Waals surface area contributed by atoms with E-state index >= 15 is 0 Å². The van der Waals surface area contributed by atoms with Gasteiger partial charge in [0.25, 0.3) is 0 Å². The number of aliphatic hydroxyl groups is 1. The molecule has 1 unspecified atom stereocenters. The second-order valence-electron chi connectivity index (χ2n) is 3.49. The second-order valence-corrected chi connectivity index (χ2v) is 3.49. The van der Waals surface area contributed by atoms with Crippen LogP contribution in [0.2, 0.25) is 0 Å². The molecule has 1 fully saturated rings. The average Bonchev–Trinajstić information content (AvgIpc) is 2.36. The molecule has 3 heteroatoms. The summed E-state index contributed by atoms with van der Waals surface area (Å²) in [5.74, 6) is 1.16. The fraction of sp³-hybridized carbons (Fsp3) is 0.857. The van der Waals surface area contributed by atoms with Gasteiger partial charge in [0, 0.05) is 6.54 Å². The predicted molar refractivity (Wildman–Crippen MR) is 39.1 cm³/mol. The van der Waals surface area contributed by atoms with Crippen LogP contribution in [0.15, 0.2) is 4.99 Å². The van der Waals surface area contributed by atoms with Crippen LogP contribution in [0.3, 0.4) is 0 Å². The normalized spacial score (nSPS) is 34.9. The van der Waals surface area contributed by atoms with Crippen LogP contribution >= 0.6 is 0 Å². The van der Waals surface area contributed by atoms with Crippen molar-refractivity contribution in [2.75, 3.05) is 13.1 Å². The molecule has 2 rings (SSSR count). The summed E-state index contributed by atoms with van der Waals surface area (Å²) in [5, 5.41) is 9.19. The summed E-state index contributed by atoms with van der Waals surface area (Å²) in [7, 11) is 0. The number of hydrogen-bond donors (Lipinski definition) is 1. The van der Waals surface area contributed by atoms with Crippen LogP contribution in [0.1, 0.15) is 13.8 Å². The van der Waals surface area contributed by atoms with Crippen molar-refractivity contribution in [1.82, 2.24) is 4.90 Å². The predicted octanol–water partition coefficient (Wildman–Crippen LogP) is -0.146. The maximum atomic E-state index is 9.19. The SMILES string of the molecule is CC1(C)C2=NCC(O)CN21. The van der Waals surface area contributed by atoms with Crippen LogP contribution in [0.25, 0.3) is 0 Å². The number of hydrogen-bond acceptors (Lipinski definition) is 3. The fourth-order valence-corrected chi connectivity index (χ4v) is 1.52. The lowest BCUT2D eigenvalue weighted by molar-refractivity contribution is 0.153. The third-order valence-corrected chi connectivity index (χ3v) is 2.27. The van der Waals surface area contributed by atoms with E-state index < -0.39 is 0 Å². The molecule has 0 radical (unpaired) electrons. The van der Waals surface area contributed by atoms with Gasteiger partial charge in [0.05, 0.1) is 18.2 Å². The minimum atomic E-state index is -0.245. The van der Waals surface area contributed by atoms with Gasteiger partial charge in [-0.25, -0.2) is 0 Å². The van der Waals surface area contributed by atoms with E-state index in [1.54, 1.807) is 0 Å². The maximum absolute atomic E-state index is 9.19. The van der Waals surface area contributed by atoms with Crippen LogP contribution < -0.4 is 0 Å². The van der Waals surface area contributed by atoms with Crippen LogP contribution in [-0.2, 0) is 0 Å². The van der Waals surface area contributed by atoms with E-state index in [1.165, 1.54) is 0 Å². The molecule has 1 saturated heterocycles. The zero-order valence-electron chi connectivity index (χ0n) is 6.33. The van der Waals surface area contributed by atoms with E-state index in [1.807, 2.05) is 0 Å². The monoisotopic (exact) mass is 140 g/mol. The van der Waals surface area contributed by atoms with E-state index in [9.17, 15) is 5.11 Å². The summed E-state index contributed by atoms with van der Waals surface area (Å²) in [6.07, 6.45) is -0.245. The Morgan fingerprint density at radius 3 is 2.90 bits per heavy atom. The first kappa shape index (κ1) is 6.16. The quantitative estimate of drug-likeness (QED) is 0.475. The summed E-state index contributed by atoms with van der Waals surface area (Å²) in [5.41, 5.74) is 0.150. The molecule has 1 atom stereocenters. The highest BCUT2D eigenvalue weighted by Crippen LogP contribution is 2.36. The van der Waals surface area contributed by atoms with E-state index in [0.29, 0.717) is 6.54 Å². The van der Waals surface area contributed by atoms with Crippen LogP contribution in [0.5, 0.6) is 0 Å². The molecule has 0 spiro atoms. The molecular weight excluding hydrogens is 128 g/mol. The van der Waals surface area contributed by atoms with Gasteiger partial charge in [-0.05, 0) is 13.8 Å². The lowest BCUT2D eigenvalue weighted by Crippen LogP contribution is -2.27. The lowest BCUT2D eigenvalue weighted by atomic mass is 10.2. The summed E-state index contributed by atoms with van der Waals surface area (Å²) in [4.78, 5) is 6.37. The fourth-order valence-electron chi connectivity index (χ4n) is 1.52. The molecule has 0 aromatic rings. The van der Waals surface area contributed by atoms with Crippen molar-refractivity contribution in [2.45, 2.75) is 25.5 Å². The standard InChI is InChI=1S/C7H12N2O/c1-7(2)6-8-3-5(10)4-9(6)7/h5,10H,3-4H2,1-2H3. The van der Waals surface area contributed by atoms with E-state index in [2.05, 4.69) is 23.7 Å². The molecular formula is C7H12N2O. The van der Waals surface area contributed by atoms with Gasteiger partial charge in [-0.15, -0.1) is 0 Å². The first-order valence-corrected chi connectivity index (χ1v) is 3.63. The number of fused-ring (bicyclic) bond motifs is 1. The van der Waals surface area contributed by atoms with Crippen molar-refractivity contribution in [3.63, 3.8) is 0 Å². The van der Waals surface area contributed by atoms with Crippen molar-refractivity contribution in [3.05, 3.63) is 0 Å². The molecule has 0 amide bonds. The van der Waals surface area contributed by atoms with Crippen molar-refractivity contribution in [3.8, 4) is 0 Å². The van der Waals surface area contributed by atoms with Gasteiger partial charge in [0.1, 0.15) is 5.84 Å². The highest BCUT2D eigenvalue weighted by molar-refractivity contribution is 6.06. The Kier molecular flexibility index (Phi) is 0.944. The molecule has 3 nitrogen and oxygen atoms in total.